The first-order chi connectivity index (χ1) is 16.0. The maximum Gasteiger partial charge on any atom is 0.227 e. The molecule has 33 heavy (non-hydrogen) atoms. The summed E-state index contributed by atoms with van der Waals surface area (Å²) in [7, 11) is -1.18. The summed E-state index contributed by atoms with van der Waals surface area (Å²) in [5.74, 6) is 1.45. The summed E-state index contributed by atoms with van der Waals surface area (Å²) >= 11 is 5.99. The quantitative estimate of drug-likeness (QED) is 0.650. The zero-order valence-corrected chi connectivity index (χ0v) is 20.2. The molecule has 2 fully saturated rings. The lowest BCUT2D eigenvalue weighted by Gasteiger charge is -2.42. The Morgan fingerprint density at radius 3 is 2.67 bits per heavy atom. The fraction of sp³-hybridized carbons (Fsp3) is 0.583. The molecule has 1 aromatic heterocycles. The number of rotatable bonds is 5. The molecule has 3 heterocycles. The van der Waals surface area contributed by atoms with Gasteiger partial charge in [0, 0.05) is 23.2 Å². The third-order valence-electron chi connectivity index (χ3n) is 7.26. The minimum absolute atomic E-state index is 0.00673. The normalized spacial score (nSPS) is 26.8. The highest BCUT2D eigenvalue weighted by Gasteiger charge is 2.39. The highest BCUT2D eigenvalue weighted by molar-refractivity contribution is 7.85. The summed E-state index contributed by atoms with van der Waals surface area (Å²) in [5, 5.41) is 14.1. The van der Waals surface area contributed by atoms with Crippen molar-refractivity contribution < 1.29 is 13.7 Å². The van der Waals surface area contributed by atoms with Gasteiger partial charge in [-0.3, -0.25) is 4.21 Å². The molecule has 5 rings (SSSR count). The molecule has 3 unspecified atom stereocenters. The first-order valence-corrected chi connectivity index (χ1v) is 13.5. The van der Waals surface area contributed by atoms with Gasteiger partial charge in [0.05, 0.1) is 35.2 Å². The predicted octanol–water partition coefficient (Wildman–Crippen LogP) is 4.23. The van der Waals surface area contributed by atoms with E-state index in [-0.39, 0.29) is 19.1 Å². The van der Waals surface area contributed by atoms with E-state index >= 15 is 4.39 Å². The zero-order chi connectivity index (χ0) is 23.0. The molecule has 3 atom stereocenters. The number of hydrogen-bond donors (Lipinski definition) is 2. The molecule has 0 spiro atoms. The molecule has 9 heteroatoms. The van der Waals surface area contributed by atoms with E-state index in [4.69, 9.17) is 21.6 Å². The molecule has 1 aliphatic carbocycles. The molecule has 6 nitrogen and oxygen atoms in total. The van der Waals surface area contributed by atoms with E-state index in [0.29, 0.717) is 40.4 Å². The van der Waals surface area contributed by atoms with Gasteiger partial charge in [0.2, 0.25) is 5.95 Å². The summed E-state index contributed by atoms with van der Waals surface area (Å²) in [5.41, 5.74) is 1.34. The van der Waals surface area contributed by atoms with Crippen LogP contribution in [0.5, 0.6) is 0 Å². The Labute approximate surface area is 201 Å². The monoisotopic (exact) mass is 492 g/mol. The Kier molecular flexibility index (Phi) is 6.60. The Morgan fingerprint density at radius 2 is 2.00 bits per heavy atom. The Morgan fingerprint density at radius 1 is 1.21 bits per heavy atom. The van der Waals surface area contributed by atoms with E-state index in [9.17, 15) is 9.32 Å². The van der Waals surface area contributed by atoms with Crippen LogP contribution < -0.4 is 10.2 Å². The summed E-state index contributed by atoms with van der Waals surface area (Å²) in [6, 6.07) is 7.42. The van der Waals surface area contributed by atoms with Crippen LogP contribution >= 0.6 is 11.6 Å². The lowest BCUT2D eigenvalue weighted by Crippen LogP contribution is -2.49. The number of fused-ring (bicyclic) bond motifs is 1. The molecule has 1 saturated carbocycles. The molecule has 0 bridgehead atoms. The van der Waals surface area contributed by atoms with Gasteiger partial charge >= 0.3 is 0 Å². The minimum Gasteiger partial charge on any atom is -0.394 e. The number of alkyl halides is 1. The van der Waals surface area contributed by atoms with E-state index in [0.717, 1.165) is 49.8 Å². The molecule has 2 aliphatic heterocycles. The van der Waals surface area contributed by atoms with E-state index < -0.39 is 22.5 Å². The Bertz CT molecular complexity index is 1030. The number of hydrogen-bond acceptors (Lipinski definition) is 6. The number of aliphatic hydroxyl groups excluding tert-OH is 1. The average molecular weight is 493 g/mol. The Balaban J connectivity index is 1.43. The highest BCUT2D eigenvalue weighted by atomic mass is 35.5. The van der Waals surface area contributed by atoms with Crippen molar-refractivity contribution in [1.29, 1.82) is 0 Å². The Hall–Kier alpha value is -1.77. The second-order valence-corrected chi connectivity index (χ2v) is 11.4. The molecule has 1 aromatic carbocycles. The summed E-state index contributed by atoms with van der Waals surface area (Å²) < 4.78 is 28.3. The van der Waals surface area contributed by atoms with Gasteiger partial charge in [-0.05, 0) is 62.6 Å². The van der Waals surface area contributed by atoms with E-state index in [2.05, 4.69) is 5.32 Å². The lowest BCUT2D eigenvalue weighted by atomic mass is 9.77. The standard InChI is InChI=1S/C24H30ClFN4O2S/c25-17-7-5-16(6-8-17)18-9-12-30(14-19(18)26)23-27-20-4-1-2-13-33(32)21(20)22(28-23)29-24(15-31)10-3-11-24/h5-8,18-19,31H,1-4,9-15H2,(H,27,28,29). The van der Waals surface area contributed by atoms with Crippen molar-refractivity contribution in [3.05, 3.63) is 40.5 Å². The van der Waals surface area contributed by atoms with Crippen molar-refractivity contribution in [1.82, 2.24) is 9.97 Å². The fourth-order valence-corrected chi connectivity index (χ4v) is 6.61. The fourth-order valence-electron chi connectivity index (χ4n) is 5.10. The number of piperidine rings is 1. The molecular formula is C24H30ClFN4O2S. The SMILES string of the molecule is O=S1CCCCc2nc(N3CCC(c4ccc(Cl)cc4)C(F)C3)nc(NC3(CO)CCC3)c21. The van der Waals surface area contributed by atoms with Crippen LogP contribution in [0, 0.1) is 0 Å². The number of halogens is 2. The molecule has 2 N–H and O–H groups in total. The summed E-state index contributed by atoms with van der Waals surface area (Å²) in [6.07, 6.45) is 4.87. The van der Waals surface area contributed by atoms with Gasteiger partial charge < -0.3 is 15.3 Å². The van der Waals surface area contributed by atoms with Crippen LogP contribution in [-0.4, -0.2) is 56.4 Å². The first-order valence-electron chi connectivity index (χ1n) is 11.8. The molecule has 0 radical (unpaired) electrons. The van der Waals surface area contributed by atoms with Crippen LogP contribution in [0.15, 0.2) is 29.2 Å². The van der Waals surface area contributed by atoms with Crippen molar-refractivity contribution in [2.75, 3.05) is 35.7 Å². The third-order valence-corrected chi connectivity index (χ3v) is 9.06. The van der Waals surface area contributed by atoms with Crippen LogP contribution in [0.1, 0.15) is 55.7 Å². The molecule has 3 aliphatic rings. The largest absolute Gasteiger partial charge is 0.394 e. The highest BCUT2D eigenvalue weighted by Crippen LogP contribution is 2.39. The van der Waals surface area contributed by atoms with Crippen LogP contribution in [0.4, 0.5) is 16.2 Å². The first kappa shape index (κ1) is 23.0. The number of nitrogens with zero attached hydrogens (tertiary/aromatic N) is 3. The van der Waals surface area contributed by atoms with Crippen molar-refractivity contribution in [3.63, 3.8) is 0 Å². The molecule has 178 valence electrons. The third kappa shape index (κ3) is 4.62. The van der Waals surface area contributed by atoms with Crippen molar-refractivity contribution in [2.45, 2.75) is 67.5 Å². The number of aromatic nitrogens is 2. The van der Waals surface area contributed by atoms with Crippen molar-refractivity contribution in [2.24, 2.45) is 0 Å². The topological polar surface area (TPSA) is 78.4 Å². The van der Waals surface area contributed by atoms with Gasteiger partial charge in [0.1, 0.15) is 16.9 Å². The van der Waals surface area contributed by atoms with Crippen LogP contribution in [0.25, 0.3) is 0 Å². The molecule has 2 aromatic rings. The summed E-state index contributed by atoms with van der Waals surface area (Å²) in [6.45, 7) is 0.854. The number of benzene rings is 1. The van der Waals surface area contributed by atoms with Crippen LogP contribution in [0.2, 0.25) is 5.02 Å². The second kappa shape index (κ2) is 9.47. The van der Waals surface area contributed by atoms with Crippen LogP contribution in [0.3, 0.4) is 0 Å². The van der Waals surface area contributed by atoms with Gasteiger partial charge in [-0.2, -0.15) is 4.98 Å². The zero-order valence-electron chi connectivity index (χ0n) is 18.6. The number of aliphatic hydroxyl groups is 1. The molecular weight excluding hydrogens is 463 g/mol. The maximum absolute atomic E-state index is 15.3. The van der Waals surface area contributed by atoms with Gasteiger partial charge in [-0.1, -0.05) is 23.7 Å². The van der Waals surface area contributed by atoms with E-state index in [1.54, 1.807) is 12.1 Å². The van der Waals surface area contributed by atoms with E-state index in [1.165, 1.54) is 0 Å². The van der Waals surface area contributed by atoms with Gasteiger partial charge in [-0.15, -0.1) is 0 Å². The van der Waals surface area contributed by atoms with Crippen LogP contribution in [-0.2, 0) is 17.2 Å². The summed E-state index contributed by atoms with van der Waals surface area (Å²) in [4.78, 5) is 12.1. The second-order valence-electron chi connectivity index (χ2n) is 9.48. The van der Waals surface area contributed by atoms with Gasteiger partial charge in [-0.25, -0.2) is 9.37 Å². The van der Waals surface area contributed by atoms with E-state index in [1.807, 2.05) is 17.0 Å². The minimum atomic E-state index is -1.18. The van der Waals surface area contributed by atoms with Crippen molar-refractivity contribution in [3.8, 4) is 0 Å². The number of aryl methyl sites for hydroxylation is 1. The number of nitrogens with one attached hydrogen (secondary N) is 1. The maximum atomic E-state index is 15.3. The lowest BCUT2D eigenvalue weighted by molar-refractivity contribution is 0.143. The van der Waals surface area contributed by atoms with Gasteiger partial charge in [0.25, 0.3) is 0 Å². The molecule has 1 saturated heterocycles. The molecule has 0 amide bonds. The van der Waals surface area contributed by atoms with Gasteiger partial charge in [0.15, 0.2) is 0 Å². The number of anilines is 2. The predicted molar refractivity (Wildman–Crippen MR) is 129 cm³/mol. The van der Waals surface area contributed by atoms with Crippen molar-refractivity contribution >= 4 is 34.2 Å². The average Bonchev–Trinajstić information content (AvgIpc) is 2.98. The smallest absolute Gasteiger partial charge is 0.227 e.